The summed E-state index contributed by atoms with van der Waals surface area (Å²) in [5, 5.41) is 7.77. The molecule has 0 aliphatic rings. The number of Topliss-reactive ketones (excluding diaryl/α,β-unsaturated/α-hetero) is 1. The molecular formula is C15H27N3O. The van der Waals surface area contributed by atoms with Crippen molar-refractivity contribution in [2.24, 2.45) is 0 Å². The van der Waals surface area contributed by atoms with Crippen LogP contribution < -0.4 is 5.32 Å². The lowest BCUT2D eigenvalue weighted by atomic mass is 10.1. The van der Waals surface area contributed by atoms with Gasteiger partial charge in [-0.05, 0) is 18.9 Å². The van der Waals surface area contributed by atoms with Gasteiger partial charge in [-0.1, -0.05) is 27.7 Å². The minimum atomic E-state index is 0.253. The molecule has 1 N–H and O–H groups in total. The molecule has 0 aromatic carbocycles. The molecule has 0 fully saturated rings. The van der Waals surface area contributed by atoms with Crippen molar-refractivity contribution in [3.8, 4) is 0 Å². The van der Waals surface area contributed by atoms with Crippen molar-refractivity contribution >= 4 is 5.78 Å². The molecular weight excluding hydrogens is 238 g/mol. The van der Waals surface area contributed by atoms with E-state index in [0.717, 1.165) is 25.1 Å². The molecule has 0 saturated carbocycles. The van der Waals surface area contributed by atoms with Gasteiger partial charge >= 0.3 is 0 Å². The second-order valence-corrected chi connectivity index (χ2v) is 5.33. The van der Waals surface area contributed by atoms with Gasteiger partial charge < -0.3 is 5.32 Å². The van der Waals surface area contributed by atoms with Crippen molar-refractivity contribution < 1.29 is 4.79 Å². The standard InChI is InChI=1S/C15H27N3O/c1-5-14(6-2)18-10-8-13(17-18)11-15(19)7-9-16-12(3)4/h8,10,12,14,16H,5-7,9,11H2,1-4H3. The van der Waals surface area contributed by atoms with Gasteiger partial charge in [-0.15, -0.1) is 0 Å². The molecule has 1 aromatic heterocycles. The van der Waals surface area contributed by atoms with Crippen LogP contribution in [0.3, 0.4) is 0 Å². The molecule has 19 heavy (non-hydrogen) atoms. The fraction of sp³-hybridized carbons (Fsp3) is 0.733. The molecule has 0 saturated heterocycles. The van der Waals surface area contributed by atoms with Crippen molar-refractivity contribution in [3.63, 3.8) is 0 Å². The van der Waals surface area contributed by atoms with Crippen molar-refractivity contribution in [1.29, 1.82) is 0 Å². The first kappa shape index (κ1) is 15.9. The van der Waals surface area contributed by atoms with E-state index in [-0.39, 0.29) is 5.78 Å². The maximum absolute atomic E-state index is 11.8. The van der Waals surface area contributed by atoms with Crippen molar-refractivity contribution in [1.82, 2.24) is 15.1 Å². The van der Waals surface area contributed by atoms with E-state index in [0.29, 0.717) is 24.9 Å². The van der Waals surface area contributed by atoms with Gasteiger partial charge in [0, 0.05) is 25.2 Å². The second-order valence-electron chi connectivity index (χ2n) is 5.33. The summed E-state index contributed by atoms with van der Waals surface area (Å²) in [6, 6.07) is 2.85. The number of nitrogens with zero attached hydrogens (tertiary/aromatic N) is 2. The highest BCUT2D eigenvalue weighted by atomic mass is 16.1. The fourth-order valence-electron chi connectivity index (χ4n) is 2.13. The highest BCUT2D eigenvalue weighted by Gasteiger charge is 2.10. The first-order valence-corrected chi connectivity index (χ1v) is 7.35. The van der Waals surface area contributed by atoms with Crippen LogP contribution in [0.25, 0.3) is 0 Å². The lowest BCUT2D eigenvalue weighted by molar-refractivity contribution is -0.118. The zero-order chi connectivity index (χ0) is 14.3. The van der Waals surface area contributed by atoms with Gasteiger partial charge in [0.15, 0.2) is 0 Å². The van der Waals surface area contributed by atoms with E-state index in [9.17, 15) is 4.79 Å². The molecule has 0 unspecified atom stereocenters. The number of aromatic nitrogens is 2. The van der Waals surface area contributed by atoms with Crippen LogP contribution in [0.15, 0.2) is 12.3 Å². The van der Waals surface area contributed by atoms with E-state index < -0.39 is 0 Å². The van der Waals surface area contributed by atoms with Crippen LogP contribution >= 0.6 is 0 Å². The van der Waals surface area contributed by atoms with Crippen molar-refractivity contribution in [2.45, 2.75) is 65.5 Å². The summed E-state index contributed by atoms with van der Waals surface area (Å²) in [7, 11) is 0. The number of nitrogens with one attached hydrogen (secondary N) is 1. The minimum Gasteiger partial charge on any atom is -0.314 e. The molecule has 0 aliphatic carbocycles. The molecule has 4 nitrogen and oxygen atoms in total. The maximum atomic E-state index is 11.8. The summed E-state index contributed by atoms with van der Waals surface area (Å²) in [4.78, 5) is 11.8. The third-order valence-electron chi connectivity index (χ3n) is 3.31. The Kier molecular flexibility index (Phi) is 6.78. The van der Waals surface area contributed by atoms with Gasteiger partial charge in [-0.25, -0.2) is 0 Å². The zero-order valence-electron chi connectivity index (χ0n) is 12.6. The predicted octanol–water partition coefficient (Wildman–Crippen LogP) is 2.74. The Morgan fingerprint density at radius 2 is 2.05 bits per heavy atom. The van der Waals surface area contributed by atoms with Gasteiger partial charge in [0.1, 0.15) is 5.78 Å². The number of hydrogen-bond donors (Lipinski definition) is 1. The van der Waals surface area contributed by atoms with E-state index in [4.69, 9.17) is 0 Å². The van der Waals surface area contributed by atoms with E-state index in [1.807, 2.05) is 16.9 Å². The molecule has 0 aliphatic heterocycles. The lowest BCUT2D eigenvalue weighted by Crippen LogP contribution is -2.25. The average Bonchev–Trinajstić information content (AvgIpc) is 2.78. The molecule has 108 valence electrons. The van der Waals surface area contributed by atoms with E-state index >= 15 is 0 Å². The Hall–Kier alpha value is -1.16. The summed E-state index contributed by atoms with van der Waals surface area (Å²) >= 11 is 0. The number of ketones is 1. The van der Waals surface area contributed by atoms with Gasteiger partial charge in [-0.2, -0.15) is 5.10 Å². The predicted molar refractivity (Wildman–Crippen MR) is 78.3 cm³/mol. The fourth-order valence-corrected chi connectivity index (χ4v) is 2.13. The topological polar surface area (TPSA) is 46.9 Å². The zero-order valence-corrected chi connectivity index (χ0v) is 12.6. The van der Waals surface area contributed by atoms with E-state index in [1.54, 1.807) is 0 Å². The summed E-state index contributed by atoms with van der Waals surface area (Å²) in [5.74, 6) is 0.253. The molecule has 4 heteroatoms. The molecule has 0 radical (unpaired) electrons. The smallest absolute Gasteiger partial charge is 0.140 e. The molecule has 0 amide bonds. The number of hydrogen-bond acceptors (Lipinski definition) is 3. The van der Waals surface area contributed by atoms with Crippen LogP contribution in [-0.4, -0.2) is 28.2 Å². The molecule has 1 aromatic rings. The van der Waals surface area contributed by atoms with Crippen LogP contribution in [0.1, 0.15) is 58.7 Å². The largest absolute Gasteiger partial charge is 0.314 e. The first-order valence-electron chi connectivity index (χ1n) is 7.35. The van der Waals surface area contributed by atoms with Gasteiger partial charge in [0.2, 0.25) is 0 Å². The van der Waals surface area contributed by atoms with Crippen molar-refractivity contribution in [3.05, 3.63) is 18.0 Å². The van der Waals surface area contributed by atoms with Crippen LogP contribution in [0.2, 0.25) is 0 Å². The first-order chi connectivity index (χ1) is 9.06. The van der Waals surface area contributed by atoms with Crippen LogP contribution in [0.5, 0.6) is 0 Å². The molecule has 0 spiro atoms. The average molecular weight is 265 g/mol. The third kappa shape index (κ3) is 5.55. The monoisotopic (exact) mass is 265 g/mol. The number of carbonyl (C=O) groups excluding carboxylic acids is 1. The SMILES string of the molecule is CCC(CC)n1ccc(CC(=O)CCNC(C)C)n1. The normalized spacial score (nSPS) is 11.5. The van der Waals surface area contributed by atoms with E-state index in [1.165, 1.54) is 0 Å². The molecule has 0 bridgehead atoms. The van der Waals surface area contributed by atoms with Crippen LogP contribution in [-0.2, 0) is 11.2 Å². The quantitative estimate of drug-likeness (QED) is 0.747. The number of rotatable bonds is 9. The Morgan fingerprint density at radius 1 is 1.37 bits per heavy atom. The Bertz CT molecular complexity index is 380. The highest BCUT2D eigenvalue weighted by molar-refractivity contribution is 5.80. The molecule has 1 rings (SSSR count). The van der Waals surface area contributed by atoms with Gasteiger partial charge in [0.05, 0.1) is 18.2 Å². The van der Waals surface area contributed by atoms with E-state index in [2.05, 4.69) is 38.1 Å². The Labute approximate surface area is 116 Å². The van der Waals surface area contributed by atoms with Crippen LogP contribution in [0.4, 0.5) is 0 Å². The summed E-state index contributed by atoms with van der Waals surface area (Å²) < 4.78 is 2.00. The third-order valence-corrected chi connectivity index (χ3v) is 3.31. The molecule has 1 heterocycles. The van der Waals surface area contributed by atoms with Gasteiger partial charge in [-0.3, -0.25) is 9.48 Å². The summed E-state index contributed by atoms with van der Waals surface area (Å²) in [5.41, 5.74) is 0.890. The van der Waals surface area contributed by atoms with Gasteiger partial charge in [0.25, 0.3) is 0 Å². The van der Waals surface area contributed by atoms with Crippen LogP contribution in [0, 0.1) is 0 Å². The maximum Gasteiger partial charge on any atom is 0.140 e. The minimum absolute atomic E-state index is 0.253. The summed E-state index contributed by atoms with van der Waals surface area (Å²) in [6.45, 7) is 9.25. The number of carbonyl (C=O) groups is 1. The Balaban J connectivity index is 2.42. The Morgan fingerprint density at radius 3 is 2.63 bits per heavy atom. The second kappa shape index (κ2) is 8.10. The molecule has 0 atom stereocenters. The summed E-state index contributed by atoms with van der Waals surface area (Å²) in [6.07, 6.45) is 5.17. The lowest BCUT2D eigenvalue weighted by Gasteiger charge is -2.12. The van der Waals surface area contributed by atoms with Crippen molar-refractivity contribution in [2.75, 3.05) is 6.54 Å². The highest BCUT2D eigenvalue weighted by Crippen LogP contribution is 2.14.